The van der Waals surface area contributed by atoms with Crippen LogP contribution in [0.5, 0.6) is 5.75 Å². The first kappa shape index (κ1) is 23.2. The molecule has 4 aromatic rings. The molecular weight excluding hydrogens is 530 g/mol. The van der Waals surface area contributed by atoms with Gasteiger partial charge in [0.2, 0.25) is 0 Å². The van der Waals surface area contributed by atoms with Crippen molar-refractivity contribution in [2.45, 2.75) is 13.0 Å². The molecular formula is C30H22BrN3O3. The van der Waals surface area contributed by atoms with Gasteiger partial charge in [-0.05, 0) is 76.1 Å². The zero-order valence-electron chi connectivity index (χ0n) is 19.9. The van der Waals surface area contributed by atoms with Crippen LogP contribution in [0.15, 0.2) is 107 Å². The molecule has 6 rings (SSSR count). The number of rotatable bonds is 4. The van der Waals surface area contributed by atoms with Crippen molar-refractivity contribution in [2.75, 3.05) is 11.4 Å². The molecule has 0 spiro atoms. The summed E-state index contributed by atoms with van der Waals surface area (Å²) in [5.41, 5.74) is 3.52. The third-order valence-electron chi connectivity index (χ3n) is 6.52. The molecule has 1 unspecified atom stereocenters. The summed E-state index contributed by atoms with van der Waals surface area (Å²) in [6.45, 7) is 2.26. The zero-order valence-corrected chi connectivity index (χ0v) is 21.5. The van der Waals surface area contributed by atoms with Crippen molar-refractivity contribution in [1.82, 2.24) is 10.3 Å². The van der Waals surface area contributed by atoms with E-state index in [4.69, 9.17) is 4.74 Å². The number of benzene rings is 3. The van der Waals surface area contributed by atoms with Gasteiger partial charge in [0.15, 0.2) is 5.78 Å². The van der Waals surface area contributed by atoms with Crippen LogP contribution >= 0.6 is 15.9 Å². The van der Waals surface area contributed by atoms with E-state index < -0.39 is 6.10 Å². The Labute approximate surface area is 222 Å². The van der Waals surface area contributed by atoms with Crippen LogP contribution in [0.2, 0.25) is 0 Å². The molecule has 0 saturated heterocycles. The number of aryl methyl sites for hydroxylation is 1. The summed E-state index contributed by atoms with van der Waals surface area (Å²) in [6.07, 6.45) is 4.78. The SMILES string of the molecule is Cc1ccc2ccc(C(=O)NCC3=CC4Oc5ccccc5C(=O)C4=CN3c3ccc(Br)cn3)cc2c1. The van der Waals surface area contributed by atoms with Gasteiger partial charge in [0.1, 0.15) is 17.7 Å². The maximum atomic E-state index is 13.3. The molecule has 2 aliphatic rings. The second kappa shape index (κ2) is 9.33. The Hall–Kier alpha value is -4.23. The Balaban J connectivity index is 1.31. The molecule has 1 N–H and O–H groups in total. The predicted octanol–water partition coefficient (Wildman–Crippen LogP) is 5.97. The van der Waals surface area contributed by atoms with E-state index in [1.807, 2.05) is 60.4 Å². The van der Waals surface area contributed by atoms with Crippen molar-refractivity contribution < 1.29 is 14.3 Å². The topological polar surface area (TPSA) is 71.5 Å². The largest absolute Gasteiger partial charge is 0.481 e. The van der Waals surface area contributed by atoms with Crippen LogP contribution in [-0.4, -0.2) is 29.3 Å². The summed E-state index contributed by atoms with van der Waals surface area (Å²) < 4.78 is 7.00. The molecule has 1 amide bonds. The summed E-state index contributed by atoms with van der Waals surface area (Å²) in [4.78, 5) is 32.7. The van der Waals surface area contributed by atoms with Crippen LogP contribution in [0, 0.1) is 6.92 Å². The van der Waals surface area contributed by atoms with E-state index >= 15 is 0 Å². The molecule has 182 valence electrons. The fraction of sp³-hybridized carbons (Fsp3) is 0.100. The van der Waals surface area contributed by atoms with Gasteiger partial charge in [0, 0.05) is 28.1 Å². The van der Waals surface area contributed by atoms with E-state index in [0.29, 0.717) is 28.3 Å². The Morgan fingerprint density at radius 1 is 1.05 bits per heavy atom. The quantitative estimate of drug-likeness (QED) is 0.338. The molecule has 1 aromatic heterocycles. The van der Waals surface area contributed by atoms with E-state index in [-0.39, 0.29) is 18.2 Å². The fourth-order valence-corrected chi connectivity index (χ4v) is 4.86. The van der Waals surface area contributed by atoms with Gasteiger partial charge in [-0.25, -0.2) is 4.98 Å². The fourth-order valence-electron chi connectivity index (χ4n) is 4.62. The molecule has 2 aliphatic heterocycles. The molecule has 3 heterocycles. The summed E-state index contributed by atoms with van der Waals surface area (Å²) in [6, 6.07) is 22.8. The first-order valence-corrected chi connectivity index (χ1v) is 12.7. The van der Waals surface area contributed by atoms with Crippen LogP contribution in [0.4, 0.5) is 5.82 Å². The number of para-hydroxylation sites is 1. The Morgan fingerprint density at radius 3 is 2.73 bits per heavy atom. The van der Waals surface area contributed by atoms with Gasteiger partial charge < -0.3 is 15.0 Å². The molecule has 1 atom stereocenters. The number of anilines is 1. The number of ketones is 1. The Morgan fingerprint density at radius 2 is 1.89 bits per heavy atom. The summed E-state index contributed by atoms with van der Waals surface area (Å²) in [5.74, 6) is 0.909. The number of halogens is 1. The third kappa shape index (κ3) is 4.42. The maximum absolute atomic E-state index is 13.3. The third-order valence-corrected chi connectivity index (χ3v) is 6.99. The van der Waals surface area contributed by atoms with Crippen molar-refractivity contribution >= 4 is 44.2 Å². The monoisotopic (exact) mass is 551 g/mol. The van der Waals surface area contributed by atoms with Crippen molar-refractivity contribution in [3.63, 3.8) is 0 Å². The molecule has 6 nitrogen and oxygen atoms in total. The van der Waals surface area contributed by atoms with Gasteiger partial charge in [0.05, 0.1) is 17.7 Å². The minimum atomic E-state index is -0.551. The van der Waals surface area contributed by atoms with E-state index in [0.717, 1.165) is 26.5 Å². The highest BCUT2D eigenvalue weighted by Crippen LogP contribution is 2.35. The van der Waals surface area contributed by atoms with Crippen LogP contribution in [0.3, 0.4) is 0 Å². The molecule has 0 radical (unpaired) electrons. The van der Waals surface area contributed by atoms with Crippen molar-refractivity contribution in [3.05, 3.63) is 124 Å². The van der Waals surface area contributed by atoms with Crippen molar-refractivity contribution in [1.29, 1.82) is 0 Å². The number of aromatic nitrogens is 1. The van der Waals surface area contributed by atoms with Crippen LogP contribution in [0.25, 0.3) is 10.8 Å². The summed E-state index contributed by atoms with van der Waals surface area (Å²) >= 11 is 3.42. The molecule has 0 aliphatic carbocycles. The molecule has 0 saturated carbocycles. The highest BCUT2D eigenvalue weighted by atomic mass is 79.9. The minimum absolute atomic E-state index is 0.0836. The van der Waals surface area contributed by atoms with E-state index in [9.17, 15) is 9.59 Å². The second-order valence-corrected chi connectivity index (χ2v) is 9.97. The Bertz CT molecular complexity index is 1630. The maximum Gasteiger partial charge on any atom is 0.251 e. The normalized spacial score (nSPS) is 16.3. The van der Waals surface area contributed by atoms with E-state index in [1.54, 1.807) is 24.5 Å². The number of hydrogen-bond donors (Lipinski definition) is 1. The van der Waals surface area contributed by atoms with Gasteiger partial charge in [-0.1, -0.05) is 42.0 Å². The number of nitrogens with zero attached hydrogens (tertiary/aromatic N) is 2. The lowest BCUT2D eigenvalue weighted by Gasteiger charge is -2.34. The number of hydrogen-bond acceptors (Lipinski definition) is 5. The molecule has 0 bridgehead atoms. The minimum Gasteiger partial charge on any atom is -0.481 e. The molecule has 37 heavy (non-hydrogen) atoms. The molecule has 3 aromatic carbocycles. The lowest BCUT2D eigenvalue weighted by atomic mass is 9.93. The number of ether oxygens (including phenoxy) is 1. The lowest BCUT2D eigenvalue weighted by molar-refractivity contribution is 0.0951. The average Bonchev–Trinajstić information content (AvgIpc) is 2.91. The first-order chi connectivity index (χ1) is 18.0. The molecule has 0 fully saturated rings. The Kier molecular flexibility index (Phi) is 5.85. The second-order valence-electron chi connectivity index (χ2n) is 9.06. The van der Waals surface area contributed by atoms with Gasteiger partial charge >= 0.3 is 0 Å². The van der Waals surface area contributed by atoms with E-state index in [2.05, 4.69) is 44.4 Å². The standard InChI is InChI=1S/C30H22BrN3O3/c1-18-6-7-19-8-9-20(13-21(19)12-18)30(36)33-16-23-14-27-25(17-34(23)28-11-10-22(31)15-32-28)29(35)24-4-2-3-5-26(24)37-27/h2-15,17,27H,16H2,1H3,(H,33,36). The number of carbonyl (C=O) groups is 2. The number of amides is 1. The number of fused-ring (bicyclic) bond motifs is 3. The van der Waals surface area contributed by atoms with Gasteiger partial charge in [-0.3, -0.25) is 9.59 Å². The van der Waals surface area contributed by atoms with Crippen molar-refractivity contribution in [2.24, 2.45) is 0 Å². The van der Waals surface area contributed by atoms with Gasteiger partial charge in [-0.15, -0.1) is 0 Å². The van der Waals surface area contributed by atoms with E-state index in [1.165, 1.54) is 0 Å². The predicted molar refractivity (Wildman–Crippen MR) is 147 cm³/mol. The lowest BCUT2D eigenvalue weighted by Crippen LogP contribution is -2.39. The number of nitrogens with one attached hydrogen (secondary N) is 1. The van der Waals surface area contributed by atoms with Gasteiger partial charge in [0.25, 0.3) is 5.91 Å². The summed E-state index contributed by atoms with van der Waals surface area (Å²) in [7, 11) is 0. The molecule has 7 heteroatoms. The van der Waals surface area contributed by atoms with Gasteiger partial charge in [-0.2, -0.15) is 0 Å². The first-order valence-electron chi connectivity index (χ1n) is 11.9. The highest BCUT2D eigenvalue weighted by molar-refractivity contribution is 9.10. The van der Waals surface area contributed by atoms with Crippen LogP contribution in [0.1, 0.15) is 26.3 Å². The van der Waals surface area contributed by atoms with Crippen LogP contribution < -0.4 is 15.0 Å². The van der Waals surface area contributed by atoms with Crippen molar-refractivity contribution in [3.8, 4) is 5.75 Å². The number of Topliss-reactive ketones (excluding diaryl/α,β-unsaturated/α-hetero) is 1. The number of pyridine rings is 1. The zero-order chi connectivity index (χ0) is 25.5. The van der Waals surface area contributed by atoms with Crippen LogP contribution in [-0.2, 0) is 0 Å². The number of carbonyl (C=O) groups excluding carboxylic acids is 2. The highest BCUT2D eigenvalue weighted by Gasteiger charge is 2.35. The smallest absolute Gasteiger partial charge is 0.251 e. The average molecular weight is 552 g/mol. The summed E-state index contributed by atoms with van der Waals surface area (Å²) in [5, 5.41) is 5.13.